The lowest BCUT2D eigenvalue weighted by molar-refractivity contribution is 0.102. The molecular weight excluding hydrogens is 220 g/mol. The number of rotatable bonds is 0. The summed E-state index contributed by atoms with van der Waals surface area (Å²) in [6, 6.07) is 8.08. The lowest BCUT2D eigenvalue weighted by Gasteiger charge is -2.12. The number of aliphatic hydroxyl groups excluding tert-OH is 1. The van der Waals surface area contributed by atoms with E-state index < -0.39 is 0 Å². The number of hydrogen-bond donors (Lipinski definition) is 1. The molecule has 0 amide bonds. The van der Waals surface area contributed by atoms with E-state index in [9.17, 15) is 4.79 Å². The summed E-state index contributed by atoms with van der Waals surface area (Å²) in [5.74, 6) is -0.00931. The van der Waals surface area contributed by atoms with Gasteiger partial charge in [0.2, 0.25) is 5.78 Å². The van der Waals surface area contributed by atoms with Crippen LogP contribution in [0.2, 0.25) is 0 Å². The van der Waals surface area contributed by atoms with Crippen molar-refractivity contribution in [3.8, 4) is 0 Å². The molecule has 0 saturated heterocycles. The molecule has 0 unspecified atom stereocenters. The Morgan fingerprint density at radius 3 is 2.88 bits per heavy atom. The van der Waals surface area contributed by atoms with E-state index in [-0.39, 0.29) is 5.78 Å². The van der Waals surface area contributed by atoms with Gasteiger partial charge in [-0.3, -0.25) is 4.79 Å². The highest BCUT2D eigenvalue weighted by Crippen LogP contribution is 2.37. The van der Waals surface area contributed by atoms with Crippen LogP contribution in [0.3, 0.4) is 0 Å². The predicted octanol–water partition coefficient (Wildman–Crippen LogP) is 3.47. The fourth-order valence-corrected chi connectivity index (χ4v) is 3.40. The van der Waals surface area contributed by atoms with Crippen LogP contribution in [0.25, 0.3) is 10.1 Å². The second kappa shape index (κ2) is 3.46. The minimum atomic E-state index is -0.00931. The fourth-order valence-electron chi connectivity index (χ4n) is 2.17. The summed E-state index contributed by atoms with van der Waals surface area (Å²) in [5.41, 5.74) is 1.68. The number of hydrogen-bond acceptors (Lipinski definition) is 3. The number of Topliss-reactive ketones (excluding diaryl/α,β-unsaturated/α-hetero) is 1. The van der Waals surface area contributed by atoms with E-state index in [1.165, 1.54) is 16.7 Å². The molecule has 0 bridgehead atoms. The maximum atomic E-state index is 12.0. The normalized spacial score (nSPS) is 18.0. The molecule has 0 saturated carbocycles. The molecule has 2 nitrogen and oxygen atoms in total. The third-order valence-corrected chi connectivity index (χ3v) is 4.21. The SMILES string of the molecule is O=C1C(=CO)CCc2c1sc1ccccc21. The molecule has 1 aromatic heterocycles. The number of ketones is 1. The van der Waals surface area contributed by atoms with Gasteiger partial charge in [-0.05, 0) is 29.9 Å². The standard InChI is InChI=1S/C13H10O2S/c14-7-8-5-6-10-9-3-1-2-4-11(9)16-13(10)12(8)15/h1-4,7,14H,5-6H2. The van der Waals surface area contributed by atoms with Crippen molar-refractivity contribution in [1.29, 1.82) is 0 Å². The van der Waals surface area contributed by atoms with Gasteiger partial charge in [-0.25, -0.2) is 0 Å². The van der Waals surface area contributed by atoms with Crippen LogP contribution in [-0.4, -0.2) is 10.9 Å². The molecule has 2 aromatic rings. The van der Waals surface area contributed by atoms with Gasteiger partial charge in [0.05, 0.1) is 11.1 Å². The molecule has 1 aromatic carbocycles. The van der Waals surface area contributed by atoms with Gasteiger partial charge < -0.3 is 5.11 Å². The predicted molar refractivity (Wildman–Crippen MR) is 65.2 cm³/mol. The molecule has 0 aliphatic heterocycles. The maximum absolute atomic E-state index is 12.0. The highest BCUT2D eigenvalue weighted by Gasteiger charge is 2.25. The maximum Gasteiger partial charge on any atom is 0.202 e. The third-order valence-electron chi connectivity index (χ3n) is 3.00. The van der Waals surface area contributed by atoms with E-state index in [1.54, 1.807) is 0 Å². The van der Waals surface area contributed by atoms with Crippen LogP contribution >= 0.6 is 11.3 Å². The van der Waals surface area contributed by atoms with Gasteiger partial charge in [-0.1, -0.05) is 18.2 Å². The molecule has 0 radical (unpaired) electrons. The second-order valence-corrected chi connectivity index (χ2v) is 4.94. The third kappa shape index (κ3) is 1.21. The minimum Gasteiger partial charge on any atom is -0.515 e. The zero-order valence-corrected chi connectivity index (χ0v) is 9.38. The Kier molecular flexibility index (Phi) is 2.07. The smallest absolute Gasteiger partial charge is 0.202 e. The van der Waals surface area contributed by atoms with Crippen molar-refractivity contribution in [2.75, 3.05) is 0 Å². The number of allylic oxidation sites excluding steroid dienone is 1. The summed E-state index contributed by atoms with van der Waals surface area (Å²) in [7, 11) is 0. The van der Waals surface area contributed by atoms with Crippen LogP contribution in [0, 0.1) is 0 Å². The zero-order chi connectivity index (χ0) is 11.1. The van der Waals surface area contributed by atoms with Crippen LogP contribution in [-0.2, 0) is 6.42 Å². The lowest BCUT2D eigenvalue weighted by atomic mass is 9.92. The first-order valence-electron chi connectivity index (χ1n) is 5.19. The average molecular weight is 230 g/mol. The van der Waals surface area contributed by atoms with Gasteiger partial charge in [0.1, 0.15) is 0 Å². The fraction of sp³-hybridized carbons (Fsp3) is 0.154. The van der Waals surface area contributed by atoms with Crippen molar-refractivity contribution in [3.05, 3.63) is 46.5 Å². The van der Waals surface area contributed by atoms with E-state index in [0.717, 1.165) is 27.8 Å². The molecular formula is C13H10O2S. The Hall–Kier alpha value is -1.61. The highest BCUT2D eigenvalue weighted by molar-refractivity contribution is 7.21. The molecule has 1 aliphatic carbocycles. The molecule has 0 fully saturated rings. The van der Waals surface area contributed by atoms with Crippen LogP contribution in [0.4, 0.5) is 0 Å². The monoisotopic (exact) mass is 230 g/mol. The van der Waals surface area contributed by atoms with E-state index in [1.807, 2.05) is 18.2 Å². The van der Waals surface area contributed by atoms with E-state index in [0.29, 0.717) is 12.0 Å². The van der Waals surface area contributed by atoms with Gasteiger partial charge in [0.15, 0.2) is 0 Å². The summed E-state index contributed by atoms with van der Waals surface area (Å²) < 4.78 is 1.15. The van der Waals surface area contributed by atoms with Crippen molar-refractivity contribution >= 4 is 27.2 Å². The molecule has 80 valence electrons. The molecule has 0 atom stereocenters. The van der Waals surface area contributed by atoms with Gasteiger partial charge >= 0.3 is 0 Å². The van der Waals surface area contributed by atoms with Gasteiger partial charge in [-0.2, -0.15) is 0 Å². The number of aliphatic hydroxyl groups is 1. The van der Waals surface area contributed by atoms with Crippen LogP contribution in [0.5, 0.6) is 0 Å². The number of benzene rings is 1. The van der Waals surface area contributed by atoms with Crippen LogP contribution < -0.4 is 0 Å². The van der Waals surface area contributed by atoms with Crippen molar-refractivity contribution in [2.45, 2.75) is 12.8 Å². The quantitative estimate of drug-likeness (QED) is 0.555. The Morgan fingerprint density at radius 2 is 2.06 bits per heavy atom. The number of carbonyl (C=O) groups excluding carboxylic acids is 1. The number of carbonyl (C=O) groups is 1. The van der Waals surface area contributed by atoms with Crippen LogP contribution in [0.15, 0.2) is 36.1 Å². The van der Waals surface area contributed by atoms with E-state index in [2.05, 4.69) is 6.07 Å². The Balaban J connectivity index is 2.29. The molecule has 1 N–H and O–H groups in total. The molecule has 1 aliphatic rings. The molecule has 1 heterocycles. The summed E-state index contributed by atoms with van der Waals surface area (Å²) in [4.78, 5) is 12.8. The lowest BCUT2D eigenvalue weighted by Crippen LogP contribution is -2.11. The Morgan fingerprint density at radius 1 is 1.25 bits per heavy atom. The van der Waals surface area contributed by atoms with E-state index >= 15 is 0 Å². The number of aryl methyl sites for hydroxylation is 1. The number of fused-ring (bicyclic) bond motifs is 3. The van der Waals surface area contributed by atoms with Gasteiger partial charge in [-0.15, -0.1) is 11.3 Å². The Labute approximate surface area is 96.8 Å². The van der Waals surface area contributed by atoms with Gasteiger partial charge in [0.25, 0.3) is 0 Å². The first-order chi connectivity index (χ1) is 7.81. The van der Waals surface area contributed by atoms with Crippen LogP contribution in [0.1, 0.15) is 21.7 Å². The minimum absolute atomic E-state index is 0.00931. The van der Waals surface area contributed by atoms with E-state index in [4.69, 9.17) is 5.11 Å². The molecule has 3 heteroatoms. The summed E-state index contributed by atoms with van der Waals surface area (Å²) in [6.45, 7) is 0. The molecule has 0 spiro atoms. The van der Waals surface area contributed by atoms with Crippen molar-refractivity contribution in [1.82, 2.24) is 0 Å². The van der Waals surface area contributed by atoms with Crippen molar-refractivity contribution < 1.29 is 9.90 Å². The van der Waals surface area contributed by atoms with Crippen molar-refractivity contribution in [2.24, 2.45) is 0 Å². The second-order valence-electron chi connectivity index (χ2n) is 3.89. The van der Waals surface area contributed by atoms with Crippen molar-refractivity contribution in [3.63, 3.8) is 0 Å². The Bertz CT molecular complexity index is 607. The first-order valence-corrected chi connectivity index (χ1v) is 6.01. The molecule has 16 heavy (non-hydrogen) atoms. The summed E-state index contributed by atoms with van der Waals surface area (Å²) in [6.07, 6.45) is 2.44. The zero-order valence-electron chi connectivity index (χ0n) is 8.56. The first kappa shape index (κ1) is 9.60. The van der Waals surface area contributed by atoms with Gasteiger partial charge in [0, 0.05) is 10.3 Å². The average Bonchev–Trinajstić information content (AvgIpc) is 2.69. The summed E-state index contributed by atoms with van der Waals surface area (Å²) >= 11 is 1.53. The largest absolute Gasteiger partial charge is 0.515 e. The highest BCUT2D eigenvalue weighted by atomic mass is 32.1. The summed E-state index contributed by atoms with van der Waals surface area (Å²) in [5, 5.41) is 10.2. The topological polar surface area (TPSA) is 37.3 Å². The number of thiophene rings is 1. The molecule has 3 rings (SSSR count).